The van der Waals surface area contributed by atoms with E-state index < -0.39 is 28.1 Å². The molecule has 0 heterocycles. The molecule has 10 heteroatoms. The van der Waals surface area contributed by atoms with Crippen LogP contribution >= 0.6 is 23.2 Å². The number of hydrogen-bond donors (Lipinski definition) is 0. The van der Waals surface area contributed by atoms with Crippen LogP contribution in [0.3, 0.4) is 0 Å². The van der Waals surface area contributed by atoms with Crippen LogP contribution in [0.15, 0.2) is 5.11 Å². The smallest absolute Gasteiger partial charge is 0.323 e. The Morgan fingerprint density at radius 2 is 1.52 bits per heavy atom. The first kappa shape index (κ1) is 25.8. The third kappa shape index (κ3) is 13.6. The topological polar surface area (TPSA) is 111 Å². The van der Waals surface area contributed by atoms with Gasteiger partial charge in [0.25, 0.3) is 0 Å². The fraction of sp³-hybridized carbons (Fsp3) is 0.882. The second kappa shape index (κ2) is 14.8. The maximum Gasteiger partial charge on any atom is 0.323 e. The maximum atomic E-state index is 11.6. The minimum absolute atomic E-state index is 0.0129. The molecule has 0 aliphatic heterocycles. The van der Waals surface area contributed by atoms with Gasteiger partial charge in [-0.1, -0.05) is 24.9 Å². The van der Waals surface area contributed by atoms with Gasteiger partial charge in [0.2, 0.25) is 0 Å². The molecule has 0 aliphatic rings. The number of nitrogens with zero attached hydrogens (tertiary/aromatic N) is 3. The first-order valence-electron chi connectivity index (χ1n) is 8.92. The van der Waals surface area contributed by atoms with Crippen LogP contribution < -0.4 is 0 Å². The van der Waals surface area contributed by atoms with Gasteiger partial charge in [-0.2, -0.15) is 0 Å². The van der Waals surface area contributed by atoms with E-state index >= 15 is 0 Å². The van der Waals surface area contributed by atoms with Gasteiger partial charge in [0.15, 0.2) is 0 Å². The summed E-state index contributed by atoms with van der Waals surface area (Å²) in [7, 11) is 0. The molecule has 0 amide bonds. The summed E-state index contributed by atoms with van der Waals surface area (Å²) in [6, 6.07) is 0. The van der Waals surface area contributed by atoms with E-state index in [0.717, 1.165) is 25.7 Å². The number of azide groups is 1. The summed E-state index contributed by atoms with van der Waals surface area (Å²) in [6.45, 7) is 6.15. The molecule has 8 nitrogen and oxygen atoms in total. The van der Waals surface area contributed by atoms with Crippen LogP contribution in [0.1, 0.15) is 46.5 Å². The quantitative estimate of drug-likeness (QED) is 0.0972. The lowest BCUT2D eigenvalue weighted by molar-refractivity contribution is -0.155. The minimum Gasteiger partial charge on any atom is -0.464 e. The van der Waals surface area contributed by atoms with Gasteiger partial charge in [-0.05, 0) is 32.2 Å². The van der Waals surface area contributed by atoms with E-state index in [1.165, 1.54) is 13.8 Å². The second-order valence-electron chi connectivity index (χ2n) is 6.68. The molecular weight excluding hydrogens is 397 g/mol. The molecule has 0 aromatic carbocycles. The van der Waals surface area contributed by atoms with E-state index in [4.69, 9.17) is 42.9 Å². The van der Waals surface area contributed by atoms with Crippen LogP contribution in [-0.2, 0) is 23.8 Å². The first-order valence-corrected chi connectivity index (χ1v) is 9.79. The zero-order valence-electron chi connectivity index (χ0n) is 16.2. The largest absolute Gasteiger partial charge is 0.464 e. The van der Waals surface area contributed by atoms with Gasteiger partial charge in [-0.25, -0.2) is 0 Å². The zero-order valence-corrected chi connectivity index (χ0v) is 17.7. The fourth-order valence-corrected chi connectivity index (χ4v) is 2.07. The van der Waals surface area contributed by atoms with Gasteiger partial charge in [-0.15, -0.1) is 23.2 Å². The van der Waals surface area contributed by atoms with Crippen LogP contribution in [0, 0.1) is 5.41 Å². The van der Waals surface area contributed by atoms with Crippen molar-refractivity contribution in [2.24, 2.45) is 10.5 Å². The highest BCUT2D eigenvalue weighted by Gasteiger charge is 2.30. The van der Waals surface area contributed by atoms with Crippen molar-refractivity contribution in [1.82, 2.24) is 0 Å². The molecule has 0 bridgehead atoms. The maximum absolute atomic E-state index is 11.6. The second-order valence-corrected chi connectivity index (χ2v) is 7.99. The van der Waals surface area contributed by atoms with Gasteiger partial charge >= 0.3 is 11.9 Å². The van der Waals surface area contributed by atoms with Crippen molar-refractivity contribution in [3.8, 4) is 0 Å². The van der Waals surface area contributed by atoms with Crippen LogP contribution in [0.5, 0.6) is 0 Å². The normalized spacial score (nSPS) is 15.1. The highest BCUT2D eigenvalue weighted by Crippen LogP contribution is 2.20. The number of hydrogen-bond acceptors (Lipinski definition) is 6. The van der Waals surface area contributed by atoms with Crippen molar-refractivity contribution in [1.29, 1.82) is 0 Å². The molecule has 0 aromatic rings. The van der Waals surface area contributed by atoms with Crippen LogP contribution in [-0.4, -0.2) is 55.7 Å². The number of carbonyl (C=O) groups excluding carboxylic acids is 2. The van der Waals surface area contributed by atoms with Crippen molar-refractivity contribution in [3.63, 3.8) is 0 Å². The van der Waals surface area contributed by atoms with Crippen LogP contribution in [0.4, 0.5) is 0 Å². The van der Waals surface area contributed by atoms with Gasteiger partial charge in [0, 0.05) is 18.1 Å². The molecule has 156 valence electrons. The van der Waals surface area contributed by atoms with E-state index in [1.54, 1.807) is 6.92 Å². The van der Waals surface area contributed by atoms with Gasteiger partial charge in [-0.3, -0.25) is 9.59 Å². The summed E-state index contributed by atoms with van der Waals surface area (Å²) in [5.74, 6) is -1.08. The SMILES string of the molecule is CC(Cl)C(=O)OCC(C)(COCCCCCCN=[N+]=[N-])COC(=O)C(C)Cl. The fourth-order valence-electron chi connectivity index (χ4n) is 1.95. The number of unbranched alkanes of at least 4 members (excludes halogenated alkanes) is 3. The molecule has 0 saturated heterocycles. The van der Waals surface area contributed by atoms with E-state index in [1.807, 2.05) is 0 Å². The Bertz CT molecular complexity index is 473. The number of alkyl halides is 2. The first-order chi connectivity index (χ1) is 12.7. The van der Waals surface area contributed by atoms with Crippen molar-refractivity contribution in [3.05, 3.63) is 10.4 Å². The van der Waals surface area contributed by atoms with Crippen LogP contribution in [0.2, 0.25) is 0 Å². The number of rotatable bonds is 15. The predicted octanol–water partition coefficient (Wildman–Crippen LogP) is 4.22. The molecule has 0 spiro atoms. The molecule has 0 radical (unpaired) electrons. The van der Waals surface area contributed by atoms with Crippen molar-refractivity contribution < 1.29 is 23.8 Å². The van der Waals surface area contributed by atoms with Gasteiger partial charge in [0.05, 0.1) is 12.0 Å². The Morgan fingerprint density at radius 3 is 2.00 bits per heavy atom. The summed E-state index contributed by atoms with van der Waals surface area (Å²) in [6.07, 6.45) is 3.61. The number of ether oxygens (including phenoxy) is 3. The predicted molar refractivity (Wildman–Crippen MR) is 104 cm³/mol. The zero-order chi connectivity index (χ0) is 20.7. The summed E-state index contributed by atoms with van der Waals surface area (Å²) >= 11 is 11.4. The van der Waals surface area contributed by atoms with Gasteiger partial charge in [0.1, 0.15) is 24.0 Å². The Hall–Kier alpha value is -1.21. The van der Waals surface area contributed by atoms with Crippen LogP contribution in [0.25, 0.3) is 10.4 Å². The number of halogens is 2. The highest BCUT2D eigenvalue weighted by molar-refractivity contribution is 6.29. The lowest BCUT2D eigenvalue weighted by Crippen LogP contribution is -2.37. The molecule has 2 unspecified atom stereocenters. The van der Waals surface area contributed by atoms with Crippen molar-refractivity contribution in [2.45, 2.75) is 57.2 Å². The Labute approximate surface area is 170 Å². The molecular formula is C17H29Cl2N3O5. The molecule has 0 aromatic heterocycles. The van der Waals surface area contributed by atoms with Crippen molar-refractivity contribution in [2.75, 3.05) is 33.0 Å². The third-order valence-corrected chi connectivity index (χ3v) is 3.94. The Kier molecular flexibility index (Phi) is 14.1. The molecule has 0 N–H and O–H groups in total. The van der Waals surface area contributed by atoms with E-state index in [-0.39, 0.29) is 19.8 Å². The molecule has 0 rings (SSSR count). The number of carbonyl (C=O) groups is 2. The summed E-state index contributed by atoms with van der Waals surface area (Å²) < 4.78 is 16.0. The molecule has 0 fully saturated rings. The molecule has 27 heavy (non-hydrogen) atoms. The Balaban J connectivity index is 4.33. The number of esters is 2. The Morgan fingerprint density at radius 1 is 1.00 bits per heavy atom. The van der Waals surface area contributed by atoms with E-state index in [0.29, 0.717) is 13.2 Å². The standard InChI is InChI=1S/C17H29Cl2N3O5/c1-13(18)15(23)26-11-17(3,12-27-16(24)14(2)19)10-25-9-7-5-4-6-8-21-22-20/h13-14H,4-12H2,1-3H3. The summed E-state index contributed by atoms with van der Waals surface area (Å²) in [5.41, 5.74) is 7.49. The summed E-state index contributed by atoms with van der Waals surface area (Å²) in [4.78, 5) is 25.9. The monoisotopic (exact) mass is 425 g/mol. The van der Waals surface area contributed by atoms with Crippen molar-refractivity contribution >= 4 is 35.1 Å². The molecule has 2 atom stereocenters. The molecule has 0 saturated carbocycles. The van der Waals surface area contributed by atoms with E-state index in [9.17, 15) is 9.59 Å². The summed E-state index contributed by atoms with van der Waals surface area (Å²) in [5, 5.41) is 1.96. The third-order valence-electron chi connectivity index (χ3n) is 3.59. The lowest BCUT2D eigenvalue weighted by atomic mass is 9.94. The van der Waals surface area contributed by atoms with Gasteiger partial charge < -0.3 is 14.2 Å². The molecule has 0 aliphatic carbocycles. The average Bonchev–Trinajstić information content (AvgIpc) is 2.62. The highest BCUT2D eigenvalue weighted by atomic mass is 35.5. The van der Waals surface area contributed by atoms with E-state index in [2.05, 4.69) is 10.0 Å². The average molecular weight is 426 g/mol. The lowest BCUT2D eigenvalue weighted by Gasteiger charge is -2.28. The minimum atomic E-state index is -0.758.